The Balaban J connectivity index is 0.00000200. The molecule has 1 saturated heterocycles. The summed E-state index contributed by atoms with van der Waals surface area (Å²) in [4.78, 5) is 0. The van der Waals surface area contributed by atoms with Gasteiger partial charge in [-0.15, -0.1) is 12.4 Å². The highest BCUT2D eigenvalue weighted by Crippen LogP contribution is 2.30. The summed E-state index contributed by atoms with van der Waals surface area (Å²) in [5, 5.41) is 3.39. The molecule has 1 N–H and O–H groups in total. The van der Waals surface area contributed by atoms with Crippen LogP contribution < -0.4 is 10.1 Å². The third-order valence-electron chi connectivity index (χ3n) is 4.07. The van der Waals surface area contributed by atoms with E-state index in [9.17, 15) is 0 Å². The van der Waals surface area contributed by atoms with Crippen molar-refractivity contribution in [2.45, 2.75) is 39.0 Å². The Morgan fingerprint density at radius 1 is 1.35 bits per heavy atom. The van der Waals surface area contributed by atoms with E-state index in [1.54, 1.807) is 0 Å². The minimum atomic E-state index is 0. The van der Waals surface area contributed by atoms with Gasteiger partial charge in [-0.1, -0.05) is 19.9 Å². The molecule has 0 spiro atoms. The monoisotopic (exact) mass is 361 g/mol. The normalized spacial score (nSPS) is 17.4. The second-order valence-corrected chi connectivity index (χ2v) is 6.36. The van der Waals surface area contributed by atoms with Crippen molar-refractivity contribution in [3.63, 3.8) is 0 Å². The summed E-state index contributed by atoms with van der Waals surface area (Å²) in [6.07, 6.45) is 3.62. The fourth-order valence-corrected chi connectivity index (χ4v) is 2.94. The van der Waals surface area contributed by atoms with Crippen molar-refractivity contribution >= 4 is 28.3 Å². The van der Waals surface area contributed by atoms with Crippen LogP contribution in [-0.2, 0) is 0 Å². The Kier molecular flexibility index (Phi) is 7.93. The standard InChI is InChI=1S/C16H24BrNO.ClH/c1-3-12(2)14-4-5-16(15(17)10-14)19-11-13-6-8-18-9-7-13;/h4-5,10,12-13,18H,3,6-9,11H2,1-2H3;1H. The summed E-state index contributed by atoms with van der Waals surface area (Å²) in [7, 11) is 0. The Bertz CT molecular complexity index is 407. The highest BCUT2D eigenvalue weighted by molar-refractivity contribution is 9.10. The van der Waals surface area contributed by atoms with E-state index >= 15 is 0 Å². The largest absolute Gasteiger partial charge is 0.492 e. The first-order chi connectivity index (χ1) is 9.20. The Morgan fingerprint density at radius 3 is 2.65 bits per heavy atom. The molecule has 1 fully saturated rings. The van der Waals surface area contributed by atoms with Gasteiger partial charge in [0.25, 0.3) is 0 Å². The lowest BCUT2D eigenvalue weighted by Gasteiger charge is -2.23. The maximum Gasteiger partial charge on any atom is 0.133 e. The zero-order valence-corrected chi connectivity index (χ0v) is 14.7. The molecule has 0 aromatic heterocycles. The minimum absolute atomic E-state index is 0. The van der Waals surface area contributed by atoms with Crippen molar-refractivity contribution in [3.05, 3.63) is 28.2 Å². The lowest BCUT2D eigenvalue weighted by Crippen LogP contribution is -2.30. The first-order valence-corrected chi connectivity index (χ1v) is 8.13. The molecule has 0 bridgehead atoms. The van der Waals surface area contributed by atoms with Crippen molar-refractivity contribution in [1.82, 2.24) is 5.32 Å². The van der Waals surface area contributed by atoms with Crippen molar-refractivity contribution < 1.29 is 4.74 Å². The molecular formula is C16H25BrClNO. The molecule has 1 aliphatic rings. The number of ether oxygens (including phenoxy) is 1. The SMILES string of the molecule is CCC(C)c1ccc(OCC2CCNCC2)c(Br)c1.Cl. The number of rotatable bonds is 5. The van der Waals surface area contributed by atoms with Crippen LogP contribution in [0.1, 0.15) is 44.6 Å². The summed E-state index contributed by atoms with van der Waals surface area (Å²) in [6.45, 7) is 7.57. The zero-order chi connectivity index (χ0) is 13.7. The van der Waals surface area contributed by atoms with Crippen LogP contribution in [0.15, 0.2) is 22.7 Å². The van der Waals surface area contributed by atoms with E-state index in [2.05, 4.69) is 53.3 Å². The molecule has 4 heteroatoms. The van der Waals surface area contributed by atoms with Gasteiger partial charge in [0.15, 0.2) is 0 Å². The van der Waals surface area contributed by atoms with Gasteiger partial charge in [-0.25, -0.2) is 0 Å². The summed E-state index contributed by atoms with van der Waals surface area (Å²) in [5.74, 6) is 2.28. The quantitative estimate of drug-likeness (QED) is 0.815. The number of halogens is 2. The van der Waals surface area contributed by atoms with Gasteiger partial charge in [0.1, 0.15) is 5.75 Å². The van der Waals surface area contributed by atoms with Gasteiger partial charge in [0, 0.05) is 0 Å². The van der Waals surface area contributed by atoms with E-state index in [1.165, 1.54) is 24.8 Å². The zero-order valence-electron chi connectivity index (χ0n) is 12.3. The van der Waals surface area contributed by atoms with Crippen LogP contribution in [0.25, 0.3) is 0 Å². The maximum absolute atomic E-state index is 5.97. The van der Waals surface area contributed by atoms with Gasteiger partial charge in [-0.2, -0.15) is 0 Å². The van der Waals surface area contributed by atoms with Crippen LogP contribution in [-0.4, -0.2) is 19.7 Å². The van der Waals surface area contributed by atoms with Crippen molar-refractivity contribution in [3.8, 4) is 5.75 Å². The summed E-state index contributed by atoms with van der Waals surface area (Å²) in [5.41, 5.74) is 1.38. The fourth-order valence-electron chi connectivity index (χ4n) is 2.43. The molecule has 0 aliphatic carbocycles. The first-order valence-electron chi connectivity index (χ1n) is 7.33. The summed E-state index contributed by atoms with van der Waals surface area (Å²) in [6, 6.07) is 6.50. The van der Waals surface area contributed by atoms with E-state index in [1.807, 2.05) is 0 Å². The second kappa shape index (κ2) is 8.91. The van der Waals surface area contributed by atoms with Crippen molar-refractivity contribution in [1.29, 1.82) is 0 Å². The molecule has 1 aromatic carbocycles. The number of benzene rings is 1. The predicted octanol–water partition coefficient (Wildman–Crippen LogP) is 4.76. The first kappa shape index (κ1) is 17.8. The molecule has 20 heavy (non-hydrogen) atoms. The third kappa shape index (κ3) is 4.94. The van der Waals surface area contributed by atoms with Crippen LogP contribution in [0, 0.1) is 5.92 Å². The molecular weight excluding hydrogens is 338 g/mol. The Hall–Kier alpha value is -0.250. The molecule has 0 amide bonds. The molecule has 1 atom stereocenters. The topological polar surface area (TPSA) is 21.3 Å². The molecule has 0 saturated carbocycles. The molecule has 1 heterocycles. The molecule has 2 nitrogen and oxygen atoms in total. The highest BCUT2D eigenvalue weighted by atomic mass is 79.9. The van der Waals surface area contributed by atoms with Crippen LogP contribution in [0.3, 0.4) is 0 Å². The number of hydrogen-bond acceptors (Lipinski definition) is 2. The predicted molar refractivity (Wildman–Crippen MR) is 91.2 cm³/mol. The lowest BCUT2D eigenvalue weighted by molar-refractivity contribution is 0.214. The van der Waals surface area contributed by atoms with E-state index in [0.717, 1.165) is 29.9 Å². The van der Waals surface area contributed by atoms with Crippen LogP contribution in [0.4, 0.5) is 0 Å². The second-order valence-electron chi connectivity index (χ2n) is 5.50. The molecule has 114 valence electrons. The summed E-state index contributed by atoms with van der Waals surface area (Å²) >= 11 is 3.63. The smallest absolute Gasteiger partial charge is 0.133 e. The van der Waals surface area contributed by atoms with Crippen molar-refractivity contribution in [2.24, 2.45) is 5.92 Å². The van der Waals surface area contributed by atoms with Gasteiger partial charge < -0.3 is 10.1 Å². The van der Waals surface area contributed by atoms with Gasteiger partial charge in [0.05, 0.1) is 11.1 Å². The Morgan fingerprint density at radius 2 is 2.05 bits per heavy atom. The lowest BCUT2D eigenvalue weighted by atomic mass is 9.98. The van der Waals surface area contributed by atoms with E-state index in [-0.39, 0.29) is 12.4 Å². The molecule has 2 rings (SSSR count). The van der Waals surface area contributed by atoms with Crippen molar-refractivity contribution in [2.75, 3.05) is 19.7 Å². The van der Waals surface area contributed by atoms with E-state index in [0.29, 0.717) is 11.8 Å². The van der Waals surface area contributed by atoms with Crippen LogP contribution >= 0.6 is 28.3 Å². The van der Waals surface area contributed by atoms with Crippen LogP contribution in [0.5, 0.6) is 5.75 Å². The van der Waals surface area contributed by atoms with Gasteiger partial charge in [-0.05, 0) is 77.8 Å². The number of piperidine rings is 1. The average Bonchev–Trinajstić information content (AvgIpc) is 2.46. The minimum Gasteiger partial charge on any atom is -0.492 e. The average molecular weight is 363 g/mol. The third-order valence-corrected chi connectivity index (χ3v) is 4.69. The molecule has 1 unspecified atom stereocenters. The number of hydrogen-bond donors (Lipinski definition) is 1. The van der Waals surface area contributed by atoms with Crippen LogP contribution in [0.2, 0.25) is 0 Å². The summed E-state index contributed by atoms with van der Waals surface area (Å²) < 4.78 is 7.05. The molecule has 1 aliphatic heterocycles. The van der Waals surface area contributed by atoms with E-state index < -0.39 is 0 Å². The van der Waals surface area contributed by atoms with Gasteiger partial charge in [0.2, 0.25) is 0 Å². The highest BCUT2D eigenvalue weighted by Gasteiger charge is 2.14. The molecule has 1 aromatic rings. The van der Waals surface area contributed by atoms with E-state index in [4.69, 9.17) is 4.74 Å². The fraction of sp³-hybridized carbons (Fsp3) is 0.625. The Labute approximate surface area is 137 Å². The molecule has 0 radical (unpaired) electrons. The maximum atomic E-state index is 5.97. The van der Waals surface area contributed by atoms with Gasteiger partial charge >= 0.3 is 0 Å². The number of nitrogens with one attached hydrogen (secondary N) is 1. The van der Waals surface area contributed by atoms with Gasteiger partial charge in [-0.3, -0.25) is 0 Å².